The fourth-order valence-corrected chi connectivity index (χ4v) is 4.11. The molecule has 8 heteroatoms. The molecule has 0 bridgehead atoms. The molecule has 0 radical (unpaired) electrons. The molecule has 0 N–H and O–H groups in total. The van der Waals surface area contributed by atoms with Crippen LogP contribution in [0.3, 0.4) is 0 Å². The lowest BCUT2D eigenvalue weighted by molar-refractivity contribution is -0.354. The Kier molecular flexibility index (Phi) is 7.80. The zero-order chi connectivity index (χ0) is 22.5. The van der Waals surface area contributed by atoms with Crippen LogP contribution in [0.4, 0.5) is 0 Å². The Morgan fingerprint density at radius 3 is 2.56 bits per heavy atom. The van der Waals surface area contributed by atoms with Gasteiger partial charge in [-0.05, 0) is 46.9 Å². The van der Waals surface area contributed by atoms with E-state index >= 15 is 0 Å². The van der Waals surface area contributed by atoms with E-state index in [9.17, 15) is 4.79 Å². The van der Waals surface area contributed by atoms with Crippen LogP contribution in [0.1, 0.15) is 18.8 Å². The lowest BCUT2D eigenvalue weighted by Gasteiger charge is -2.48. The Labute approximate surface area is 200 Å². The van der Waals surface area contributed by atoms with Crippen molar-refractivity contribution >= 4 is 28.6 Å². The van der Waals surface area contributed by atoms with Crippen LogP contribution < -0.4 is 4.74 Å². The van der Waals surface area contributed by atoms with Gasteiger partial charge in [-0.2, -0.15) is 0 Å². The lowest BCUT2D eigenvalue weighted by Crippen LogP contribution is -2.64. The molecule has 7 nitrogen and oxygen atoms in total. The number of rotatable bonds is 7. The Hall–Kier alpha value is -1.98. The first-order chi connectivity index (χ1) is 15.5. The first-order valence-corrected chi connectivity index (χ1v) is 11.4. The van der Waals surface area contributed by atoms with Gasteiger partial charge in [0.25, 0.3) is 0 Å². The number of hydrogen-bond donors (Lipinski definition) is 0. The maximum Gasteiger partial charge on any atom is 0.303 e. The molecule has 0 saturated carbocycles. The van der Waals surface area contributed by atoms with Crippen molar-refractivity contribution in [3.8, 4) is 5.75 Å². The summed E-state index contributed by atoms with van der Waals surface area (Å²) in [5, 5.41) is 0. The molecule has 2 heterocycles. The highest BCUT2D eigenvalue weighted by atomic mass is 127. The predicted octanol–water partition coefficient (Wildman–Crippen LogP) is 4.01. The second-order valence-electron chi connectivity index (χ2n) is 7.45. The topological polar surface area (TPSA) is 72.5 Å². The van der Waals surface area contributed by atoms with Gasteiger partial charge in [-0.1, -0.05) is 36.4 Å². The zero-order valence-corrected chi connectivity index (χ0v) is 19.8. The normalized spacial score (nSPS) is 29.6. The summed E-state index contributed by atoms with van der Waals surface area (Å²) in [4.78, 5) is 11.9. The van der Waals surface area contributed by atoms with Gasteiger partial charge >= 0.3 is 5.97 Å². The van der Waals surface area contributed by atoms with Crippen LogP contribution in [-0.4, -0.2) is 49.9 Å². The smallest absolute Gasteiger partial charge is 0.303 e. The van der Waals surface area contributed by atoms with E-state index < -0.39 is 43.0 Å². The molecule has 2 aromatic carbocycles. The van der Waals surface area contributed by atoms with Gasteiger partial charge in [0.2, 0.25) is 6.29 Å². The van der Waals surface area contributed by atoms with Gasteiger partial charge in [-0.15, -0.1) is 6.58 Å². The van der Waals surface area contributed by atoms with Crippen molar-refractivity contribution in [2.45, 2.75) is 43.9 Å². The van der Waals surface area contributed by atoms with Crippen LogP contribution in [0.15, 0.2) is 67.3 Å². The number of ether oxygens (including phenoxy) is 6. The molecule has 2 aliphatic heterocycles. The summed E-state index contributed by atoms with van der Waals surface area (Å²) in [6.45, 7) is 5.60. The molecule has 2 fully saturated rings. The number of hydrogen-bond acceptors (Lipinski definition) is 7. The van der Waals surface area contributed by atoms with E-state index in [0.717, 1.165) is 9.13 Å². The Morgan fingerprint density at radius 1 is 1.12 bits per heavy atom. The molecule has 0 amide bonds. The maximum absolute atomic E-state index is 11.9. The summed E-state index contributed by atoms with van der Waals surface area (Å²) >= 11 is 2.22. The molecule has 2 aliphatic rings. The SMILES string of the molecule is C=CCO[C@@H]1[C@@H](OC(C)=O)[C@H](Oc2ccc(I)cc2)O[C@@H]2CO[C@@H](c3ccccc3)O[C@@H]12. The summed E-state index contributed by atoms with van der Waals surface area (Å²) in [5.74, 6) is 0.125. The van der Waals surface area contributed by atoms with E-state index in [1.807, 2.05) is 54.6 Å². The second-order valence-corrected chi connectivity index (χ2v) is 8.70. The molecule has 4 rings (SSSR count). The number of esters is 1. The van der Waals surface area contributed by atoms with Crippen molar-refractivity contribution in [3.63, 3.8) is 0 Å². The van der Waals surface area contributed by atoms with Gasteiger partial charge in [-0.3, -0.25) is 4.79 Å². The monoisotopic (exact) mass is 552 g/mol. The van der Waals surface area contributed by atoms with Gasteiger partial charge in [0.1, 0.15) is 24.1 Å². The molecule has 0 spiro atoms. The van der Waals surface area contributed by atoms with Crippen LogP contribution in [0.5, 0.6) is 5.75 Å². The fraction of sp³-hybridized carbons (Fsp3) is 0.375. The number of benzene rings is 2. The maximum atomic E-state index is 11.9. The van der Waals surface area contributed by atoms with E-state index in [1.165, 1.54) is 6.92 Å². The Balaban J connectivity index is 1.60. The highest BCUT2D eigenvalue weighted by Crippen LogP contribution is 2.37. The summed E-state index contributed by atoms with van der Waals surface area (Å²) in [5.41, 5.74) is 0.884. The van der Waals surface area contributed by atoms with Crippen LogP contribution in [0.2, 0.25) is 0 Å². The van der Waals surface area contributed by atoms with Crippen LogP contribution in [0, 0.1) is 3.57 Å². The highest BCUT2D eigenvalue weighted by Gasteiger charge is 2.53. The standard InChI is InChI=1S/C24H25IO7/c1-3-13-27-21-20-19(14-28-23(32-20)16-7-5-4-6-8-16)31-24(22(21)29-15(2)26)30-18-11-9-17(25)10-12-18/h3-12,19-24H,1,13-14H2,2H3/t19-,20-,21+,22-,23-,24-/m1/s1. The van der Waals surface area contributed by atoms with Gasteiger partial charge in [0, 0.05) is 16.1 Å². The molecule has 170 valence electrons. The molecular formula is C24H25IO7. The van der Waals surface area contributed by atoms with Crippen molar-refractivity contribution in [2.24, 2.45) is 0 Å². The van der Waals surface area contributed by atoms with Gasteiger partial charge < -0.3 is 28.4 Å². The number of halogens is 1. The first kappa shape index (κ1) is 23.2. The van der Waals surface area contributed by atoms with Crippen molar-refractivity contribution in [3.05, 3.63) is 76.4 Å². The quantitative estimate of drug-likeness (QED) is 0.292. The summed E-state index contributed by atoms with van der Waals surface area (Å²) in [6.07, 6.45) is -2.32. The third-order valence-electron chi connectivity index (χ3n) is 5.13. The zero-order valence-electron chi connectivity index (χ0n) is 17.6. The van der Waals surface area contributed by atoms with E-state index in [2.05, 4.69) is 29.2 Å². The van der Waals surface area contributed by atoms with E-state index in [1.54, 1.807) is 6.08 Å². The minimum absolute atomic E-state index is 0.252. The minimum Gasteiger partial charge on any atom is -0.461 e. The van der Waals surface area contributed by atoms with Crippen molar-refractivity contribution in [2.75, 3.05) is 13.2 Å². The van der Waals surface area contributed by atoms with Crippen LogP contribution in [0.25, 0.3) is 0 Å². The van der Waals surface area contributed by atoms with Gasteiger partial charge in [0.05, 0.1) is 13.2 Å². The summed E-state index contributed by atoms with van der Waals surface area (Å²) in [7, 11) is 0. The Bertz CT molecular complexity index is 904. The number of fused-ring (bicyclic) bond motifs is 1. The van der Waals surface area contributed by atoms with E-state index in [4.69, 9.17) is 28.4 Å². The largest absolute Gasteiger partial charge is 0.461 e. The van der Waals surface area contributed by atoms with Crippen molar-refractivity contribution in [1.82, 2.24) is 0 Å². The fourth-order valence-electron chi connectivity index (χ4n) is 3.75. The number of carbonyl (C=O) groups excluding carboxylic acids is 1. The molecule has 0 aliphatic carbocycles. The van der Waals surface area contributed by atoms with Crippen molar-refractivity contribution < 1.29 is 33.2 Å². The molecule has 2 saturated heterocycles. The van der Waals surface area contributed by atoms with Crippen LogP contribution in [-0.2, 0) is 28.5 Å². The molecule has 32 heavy (non-hydrogen) atoms. The molecule has 6 atom stereocenters. The molecule has 0 aromatic heterocycles. The average molecular weight is 552 g/mol. The lowest BCUT2D eigenvalue weighted by atomic mass is 9.97. The minimum atomic E-state index is -0.893. The summed E-state index contributed by atoms with van der Waals surface area (Å²) in [6, 6.07) is 17.1. The molecular weight excluding hydrogens is 527 g/mol. The highest BCUT2D eigenvalue weighted by molar-refractivity contribution is 14.1. The number of carbonyl (C=O) groups is 1. The third kappa shape index (κ3) is 5.49. The van der Waals surface area contributed by atoms with Crippen LogP contribution >= 0.6 is 22.6 Å². The third-order valence-corrected chi connectivity index (χ3v) is 5.85. The molecule has 0 unspecified atom stereocenters. The summed E-state index contributed by atoms with van der Waals surface area (Å²) < 4.78 is 37.2. The first-order valence-electron chi connectivity index (χ1n) is 10.3. The van der Waals surface area contributed by atoms with Gasteiger partial charge in [0.15, 0.2) is 12.4 Å². The van der Waals surface area contributed by atoms with Crippen molar-refractivity contribution in [1.29, 1.82) is 0 Å². The Morgan fingerprint density at radius 2 is 1.88 bits per heavy atom. The second kappa shape index (κ2) is 10.8. The molecule has 2 aromatic rings. The van der Waals surface area contributed by atoms with E-state index in [0.29, 0.717) is 5.75 Å². The predicted molar refractivity (Wildman–Crippen MR) is 124 cm³/mol. The average Bonchev–Trinajstić information content (AvgIpc) is 2.80. The van der Waals surface area contributed by atoms with Gasteiger partial charge in [-0.25, -0.2) is 0 Å². The van der Waals surface area contributed by atoms with E-state index in [-0.39, 0.29) is 13.2 Å².